The zero-order valence-electron chi connectivity index (χ0n) is 16.6. The molecule has 0 fully saturated rings. The zero-order valence-corrected chi connectivity index (χ0v) is 17.4. The first kappa shape index (κ1) is 20.0. The van der Waals surface area contributed by atoms with Gasteiger partial charge in [-0.3, -0.25) is 4.79 Å². The van der Waals surface area contributed by atoms with E-state index in [9.17, 15) is 4.79 Å². The molecule has 3 rings (SSSR count). The molecule has 0 radical (unpaired) electrons. The fourth-order valence-electron chi connectivity index (χ4n) is 3.00. The van der Waals surface area contributed by atoms with Gasteiger partial charge in [0.1, 0.15) is 18.1 Å². The highest BCUT2D eigenvalue weighted by Crippen LogP contribution is 2.22. The lowest BCUT2D eigenvalue weighted by Gasteiger charge is -2.14. The van der Waals surface area contributed by atoms with Crippen LogP contribution in [-0.4, -0.2) is 13.0 Å². The van der Waals surface area contributed by atoms with Gasteiger partial charge in [-0.25, -0.2) is 0 Å². The van der Waals surface area contributed by atoms with Gasteiger partial charge in [-0.15, -0.1) is 11.3 Å². The third-order valence-corrected chi connectivity index (χ3v) is 5.42. The quantitative estimate of drug-likeness (QED) is 0.579. The predicted molar refractivity (Wildman–Crippen MR) is 113 cm³/mol. The Kier molecular flexibility index (Phi) is 6.37. The monoisotopic (exact) mass is 395 g/mol. The number of ether oxygens (including phenoxy) is 2. The summed E-state index contributed by atoms with van der Waals surface area (Å²) in [5.74, 6) is 1.57. The van der Waals surface area contributed by atoms with E-state index in [0.717, 1.165) is 22.6 Å². The summed E-state index contributed by atoms with van der Waals surface area (Å²) in [6.07, 6.45) is 0. The molecule has 146 valence electrons. The van der Waals surface area contributed by atoms with Crippen molar-refractivity contribution in [3.05, 3.63) is 81.0 Å². The summed E-state index contributed by atoms with van der Waals surface area (Å²) < 4.78 is 11.1. The molecule has 2 aromatic carbocycles. The maximum absolute atomic E-state index is 12.6. The molecule has 0 saturated carbocycles. The van der Waals surface area contributed by atoms with Gasteiger partial charge in [0.15, 0.2) is 0 Å². The Labute approximate surface area is 170 Å². The van der Waals surface area contributed by atoms with Crippen molar-refractivity contribution in [2.24, 2.45) is 0 Å². The van der Waals surface area contributed by atoms with Crippen molar-refractivity contribution in [2.75, 3.05) is 7.11 Å². The molecule has 1 atom stereocenters. The molecular weight excluding hydrogens is 370 g/mol. The smallest absolute Gasteiger partial charge is 0.261 e. The van der Waals surface area contributed by atoms with Gasteiger partial charge < -0.3 is 14.8 Å². The van der Waals surface area contributed by atoms with Crippen molar-refractivity contribution in [1.82, 2.24) is 5.32 Å². The Morgan fingerprint density at radius 1 is 1.04 bits per heavy atom. The second-order valence-corrected chi connectivity index (χ2v) is 7.81. The van der Waals surface area contributed by atoms with E-state index in [1.54, 1.807) is 7.11 Å². The van der Waals surface area contributed by atoms with Crippen LogP contribution < -0.4 is 14.8 Å². The summed E-state index contributed by atoms with van der Waals surface area (Å²) in [7, 11) is 1.64. The number of hydrogen-bond acceptors (Lipinski definition) is 4. The first-order valence-corrected chi connectivity index (χ1v) is 10.1. The van der Waals surface area contributed by atoms with E-state index in [0.29, 0.717) is 11.5 Å². The number of thiophene rings is 1. The molecule has 0 spiro atoms. The zero-order chi connectivity index (χ0) is 20.1. The van der Waals surface area contributed by atoms with Gasteiger partial charge in [0.05, 0.1) is 18.0 Å². The minimum atomic E-state index is -0.0875. The van der Waals surface area contributed by atoms with Gasteiger partial charge >= 0.3 is 0 Å². The molecule has 0 bridgehead atoms. The molecule has 1 N–H and O–H groups in total. The van der Waals surface area contributed by atoms with E-state index in [-0.39, 0.29) is 11.9 Å². The lowest BCUT2D eigenvalue weighted by molar-refractivity contribution is 0.0944. The van der Waals surface area contributed by atoms with Crippen LogP contribution in [0.2, 0.25) is 0 Å². The largest absolute Gasteiger partial charge is 0.497 e. The molecule has 1 heterocycles. The molecule has 28 heavy (non-hydrogen) atoms. The Balaban J connectivity index is 1.58. The Morgan fingerprint density at radius 2 is 1.71 bits per heavy atom. The maximum Gasteiger partial charge on any atom is 0.261 e. The van der Waals surface area contributed by atoms with E-state index >= 15 is 0 Å². The van der Waals surface area contributed by atoms with Crippen LogP contribution in [0.15, 0.2) is 53.9 Å². The first-order valence-electron chi connectivity index (χ1n) is 9.18. The Hall–Kier alpha value is -2.79. The van der Waals surface area contributed by atoms with Crippen molar-refractivity contribution >= 4 is 17.2 Å². The molecule has 0 aliphatic rings. The van der Waals surface area contributed by atoms with Crippen LogP contribution in [-0.2, 0) is 6.61 Å². The SMILES string of the molecule is COc1ccc(C(C)NC(=O)c2cc(COc3cc(C)cc(C)c3)cs2)cc1. The van der Waals surface area contributed by atoms with Crippen molar-refractivity contribution in [1.29, 1.82) is 0 Å². The van der Waals surface area contributed by atoms with Gasteiger partial charge in [0.2, 0.25) is 0 Å². The van der Waals surface area contributed by atoms with E-state index in [1.807, 2.05) is 54.8 Å². The number of methoxy groups -OCH3 is 1. The van der Waals surface area contributed by atoms with Crippen LogP contribution in [0.1, 0.15) is 44.9 Å². The Bertz CT molecular complexity index is 926. The molecule has 1 aromatic heterocycles. The number of rotatable bonds is 7. The summed E-state index contributed by atoms with van der Waals surface area (Å²) in [5.41, 5.74) is 4.37. The normalized spacial score (nSPS) is 11.7. The highest BCUT2D eigenvalue weighted by Gasteiger charge is 2.14. The number of benzene rings is 2. The number of carbonyl (C=O) groups excluding carboxylic acids is 1. The minimum absolute atomic E-state index is 0.0778. The molecule has 1 unspecified atom stereocenters. The average molecular weight is 396 g/mol. The fraction of sp³-hybridized carbons (Fsp3) is 0.261. The molecule has 0 aliphatic carbocycles. The van der Waals surface area contributed by atoms with Crippen LogP contribution in [0.5, 0.6) is 11.5 Å². The van der Waals surface area contributed by atoms with Crippen molar-refractivity contribution in [3.63, 3.8) is 0 Å². The van der Waals surface area contributed by atoms with Crippen LogP contribution in [0.25, 0.3) is 0 Å². The number of aryl methyl sites for hydroxylation is 2. The van der Waals surface area contributed by atoms with Gasteiger partial charge in [0.25, 0.3) is 5.91 Å². The van der Waals surface area contributed by atoms with Gasteiger partial charge in [-0.2, -0.15) is 0 Å². The minimum Gasteiger partial charge on any atom is -0.497 e. The molecule has 4 nitrogen and oxygen atoms in total. The number of hydrogen-bond donors (Lipinski definition) is 1. The van der Waals surface area contributed by atoms with Crippen LogP contribution in [0.4, 0.5) is 0 Å². The summed E-state index contributed by atoms with van der Waals surface area (Å²) in [4.78, 5) is 13.2. The standard InChI is InChI=1S/C23H25NO3S/c1-15-9-16(2)11-21(10-15)27-13-18-12-22(28-14-18)23(25)24-17(3)19-5-7-20(26-4)8-6-19/h5-12,14,17H,13H2,1-4H3,(H,24,25). The van der Waals surface area contributed by atoms with E-state index < -0.39 is 0 Å². The summed E-state index contributed by atoms with van der Waals surface area (Å²) >= 11 is 1.43. The van der Waals surface area contributed by atoms with E-state index in [1.165, 1.54) is 22.5 Å². The topological polar surface area (TPSA) is 47.6 Å². The average Bonchev–Trinajstić information content (AvgIpc) is 3.15. The highest BCUT2D eigenvalue weighted by molar-refractivity contribution is 7.12. The molecule has 3 aromatic rings. The molecule has 0 aliphatic heterocycles. The third-order valence-electron chi connectivity index (χ3n) is 4.44. The van der Waals surface area contributed by atoms with Crippen molar-refractivity contribution < 1.29 is 14.3 Å². The fourth-order valence-corrected chi connectivity index (χ4v) is 3.80. The number of amides is 1. The van der Waals surface area contributed by atoms with E-state index in [2.05, 4.69) is 25.2 Å². The summed E-state index contributed by atoms with van der Waals surface area (Å²) in [6, 6.07) is 15.7. The highest BCUT2D eigenvalue weighted by atomic mass is 32.1. The molecule has 5 heteroatoms. The van der Waals surface area contributed by atoms with Crippen LogP contribution in [0.3, 0.4) is 0 Å². The lowest BCUT2D eigenvalue weighted by atomic mass is 10.1. The van der Waals surface area contributed by atoms with Crippen molar-refractivity contribution in [2.45, 2.75) is 33.4 Å². The van der Waals surface area contributed by atoms with Crippen LogP contribution in [0, 0.1) is 13.8 Å². The van der Waals surface area contributed by atoms with Gasteiger partial charge in [-0.1, -0.05) is 18.2 Å². The predicted octanol–water partition coefficient (Wildman–Crippen LogP) is 5.44. The molecule has 0 saturated heterocycles. The van der Waals surface area contributed by atoms with Crippen LogP contribution >= 0.6 is 11.3 Å². The van der Waals surface area contributed by atoms with E-state index in [4.69, 9.17) is 9.47 Å². The Morgan fingerprint density at radius 3 is 2.36 bits per heavy atom. The second-order valence-electron chi connectivity index (χ2n) is 6.90. The third kappa shape index (κ3) is 5.14. The van der Waals surface area contributed by atoms with Crippen molar-refractivity contribution in [3.8, 4) is 11.5 Å². The lowest BCUT2D eigenvalue weighted by Crippen LogP contribution is -2.25. The summed E-state index contributed by atoms with van der Waals surface area (Å²) in [5, 5.41) is 5.01. The van der Waals surface area contributed by atoms with Gasteiger partial charge in [0, 0.05) is 5.56 Å². The second kappa shape index (κ2) is 8.93. The van der Waals surface area contributed by atoms with Gasteiger partial charge in [-0.05, 0) is 73.2 Å². The maximum atomic E-state index is 12.6. The number of carbonyl (C=O) groups is 1. The molecule has 1 amide bonds. The molecular formula is C23H25NO3S. The number of nitrogens with one attached hydrogen (secondary N) is 1. The summed E-state index contributed by atoms with van der Waals surface area (Å²) in [6.45, 7) is 6.52. The first-order chi connectivity index (χ1) is 13.4.